The zero-order valence-electron chi connectivity index (χ0n) is 14.9. The molecule has 0 radical (unpaired) electrons. The third-order valence-electron chi connectivity index (χ3n) is 4.02. The lowest BCUT2D eigenvalue weighted by molar-refractivity contribution is 0.0950. The molecule has 2 heterocycles. The number of carbonyl (C=O) groups excluding carboxylic acids is 1. The predicted molar refractivity (Wildman–Crippen MR) is 101 cm³/mol. The van der Waals surface area contributed by atoms with Gasteiger partial charge in [-0.15, -0.1) is 11.8 Å². The highest BCUT2D eigenvalue weighted by Crippen LogP contribution is 2.26. The van der Waals surface area contributed by atoms with Crippen LogP contribution in [0.1, 0.15) is 39.5 Å². The highest BCUT2D eigenvalue weighted by Gasteiger charge is 2.12. The van der Waals surface area contributed by atoms with Gasteiger partial charge in [0.25, 0.3) is 5.91 Å². The molecule has 1 amide bonds. The van der Waals surface area contributed by atoms with E-state index in [-0.39, 0.29) is 5.91 Å². The summed E-state index contributed by atoms with van der Waals surface area (Å²) < 4.78 is 5.23. The molecule has 0 bridgehead atoms. The molecule has 0 atom stereocenters. The van der Waals surface area contributed by atoms with E-state index in [1.54, 1.807) is 11.8 Å². The van der Waals surface area contributed by atoms with Crippen LogP contribution in [0.5, 0.6) is 0 Å². The Kier molecular flexibility index (Phi) is 6.12. The second kappa shape index (κ2) is 8.71. The Hall–Kier alpha value is -2.54. The molecular formula is C19H22N4O2S. The summed E-state index contributed by atoms with van der Waals surface area (Å²) in [5.74, 6) is 1.40. The van der Waals surface area contributed by atoms with Crippen molar-refractivity contribution < 1.29 is 9.32 Å². The number of carbonyl (C=O) groups is 1. The van der Waals surface area contributed by atoms with E-state index in [2.05, 4.69) is 20.7 Å². The van der Waals surface area contributed by atoms with Gasteiger partial charge in [-0.3, -0.25) is 9.89 Å². The van der Waals surface area contributed by atoms with Gasteiger partial charge >= 0.3 is 0 Å². The van der Waals surface area contributed by atoms with Crippen molar-refractivity contribution in [3.8, 4) is 0 Å². The van der Waals surface area contributed by atoms with Crippen LogP contribution < -0.4 is 5.32 Å². The first-order valence-electron chi connectivity index (χ1n) is 8.54. The number of H-pyrrole nitrogens is 1. The monoisotopic (exact) mass is 370 g/mol. The number of amides is 1. The number of rotatable bonds is 8. The Morgan fingerprint density at radius 3 is 2.88 bits per heavy atom. The molecule has 7 heteroatoms. The molecule has 3 rings (SSSR count). The third kappa shape index (κ3) is 4.76. The maximum Gasteiger partial charge on any atom is 0.252 e. The molecule has 0 saturated carbocycles. The third-order valence-corrected chi connectivity index (χ3v) is 5.12. The van der Waals surface area contributed by atoms with Crippen LogP contribution in [0.2, 0.25) is 0 Å². The SMILES string of the molecule is Cc1cc(CSc2ccccc2C(=O)NCCCc2cn[nH]c2C)on1. The van der Waals surface area contributed by atoms with Crippen LogP contribution in [0.4, 0.5) is 0 Å². The summed E-state index contributed by atoms with van der Waals surface area (Å²) in [4.78, 5) is 13.5. The molecular weight excluding hydrogens is 348 g/mol. The van der Waals surface area contributed by atoms with Gasteiger partial charge in [-0.1, -0.05) is 17.3 Å². The van der Waals surface area contributed by atoms with Crippen molar-refractivity contribution in [3.05, 3.63) is 64.8 Å². The van der Waals surface area contributed by atoms with Crippen molar-refractivity contribution in [1.82, 2.24) is 20.7 Å². The average molecular weight is 370 g/mol. The summed E-state index contributed by atoms with van der Waals surface area (Å²) in [6.45, 7) is 4.53. The molecule has 0 fully saturated rings. The second-order valence-corrected chi connectivity index (χ2v) is 7.12. The molecule has 0 aliphatic rings. The van der Waals surface area contributed by atoms with Crippen LogP contribution in [0, 0.1) is 13.8 Å². The molecule has 136 valence electrons. The van der Waals surface area contributed by atoms with E-state index < -0.39 is 0 Å². The summed E-state index contributed by atoms with van der Waals surface area (Å²) in [5, 5.41) is 13.8. The van der Waals surface area contributed by atoms with Crippen molar-refractivity contribution in [2.45, 2.75) is 37.3 Å². The number of nitrogens with zero attached hydrogens (tertiary/aromatic N) is 2. The standard InChI is InChI=1S/C19H22N4O2S/c1-13-10-16(25-23-13)12-26-18-8-4-3-7-17(18)19(24)20-9-5-6-15-11-21-22-14(15)2/h3-4,7-8,10-11H,5-6,9,12H2,1-2H3,(H,20,24)(H,21,22). The van der Waals surface area contributed by atoms with Gasteiger partial charge in [0.2, 0.25) is 0 Å². The topological polar surface area (TPSA) is 83.8 Å². The number of hydrogen-bond donors (Lipinski definition) is 2. The molecule has 0 unspecified atom stereocenters. The largest absolute Gasteiger partial charge is 0.360 e. The summed E-state index contributed by atoms with van der Waals surface area (Å²) in [6, 6.07) is 9.54. The highest BCUT2D eigenvalue weighted by atomic mass is 32.2. The number of aromatic nitrogens is 3. The molecule has 26 heavy (non-hydrogen) atoms. The molecule has 0 spiro atoms. The normalized spacial score (nSPS) is 10.8. The molecule has 6 nitrogen and oxygen atoms in total. The van der Waals surface area contributed by atoms with Crippen LogP contribution in [0.25, 0.3) is 0 Å². The number of aromatic amines is 1. The van der Waals surface area contributed by atoms with Gasteiger partial charge in [0.15, 0.2) is 0 Å². The van der Waals surface area contributed by atoms with Gasteiger partial charge in [0.05, 0.1) is 23.2 Å². The Balaban J connectivity index is 1.52. The Morgan fingerprint density at radius 1 is 1.31 bits per heavy atom. The van der Waals surface area contributed by atoms with Gasteiger partial charge in [-0.05, 0) is 44.4 Å². The van der Waals surface area contributed by atoms with E-state index in [1.807, 2.05) is 50.4 Å². The van der Waals surface area contributed by atoms with Crippen molar-refractivity contribution in [3.63, 3.8) is 0 Å². The minimum absolute atomic E-state index is 0.0502. The van der Waals surface area contributed by atoms with E-state index >= 15 is 0 Å². The van der Waals surface area contributed by atoms with Gasteiger partial charge in [-0.2, -0.15) is 5.10 Å². The number of aryl methyl sites for hydroxylation is 3. The van der Waals surface area contributed by atoms with Gasteiger partial charge in [0, 0.05) is 23.2 Å². The number of thioether (sulfide) groups is 1. The van der Waals surface area contributed by atoms with Crippen molar-refractivity contribution in [1.29, 1.82) is 0 Å². The molecule has 1 aromatic carbocycles. The molecule has 0 aliphatic carbocycles. The van der Waals surface area contributed by atoms with E-state index in [0.29, 0.717) is 17.9 Å². The van der Waals surface area contributed by atoms with Crippen LogP contribution in [-0.4, -0.2) is 27.8 Å². The molecule has 0 aliphatic heterocycles. The van der Waals surface area contributed by atoms with Crippen LogP contribution in [0.15, 0.2) is 45.9 Å². The minimum atomic E-state index is -0.0502. The predicted octanol–water partition coefficient (Wildman–Crippen LogP) is 3.67. The van der Waals surface area contributed by atoms with Crippen LogP contribution in [0.3, 0.4) is 0 Å². The van der Waals surface area contributed by atoms with Gasteiger partial charge in [0.1, 0.15) is 5.76 Å². The zero-order valence-corrected chi connectivity index (χ0v) is 15.7. The fourth-order valence-corrected chi connectivity index (χ4v) is 3.54. The first kappa shape index (κ1) is 18.3. The average Bonchev–Trinajstić information content (AvgIpc) is 3.25. The van der Waals surface area contributed by atoms with E-state index in [1.165, 1.54) is 5.56 Å². The lowest BCUT2D eigenvalue weighted by Crippen LogP contribution is -2.25. The van der Waals surface area contributed by atoms with Gasteiger partial charge < -0.3 is 9.84 Å². The second-order valence-electron chi connectivity index (χ2n) is 6.10. The Labute approximate surface area is 156 Å². The Bertz CT molecular complexity index is 872. The fraction of sp³-hybridized carbons (Fsp3) is 0.316. The van der Waals surface area contributed by atoms with Gasteiger partial charge in [-0.25, -0.2) is 0 Å². The van der Waals surface area contributed by atoms with Crippen LogP contribution in [-0.2, 0) is 12.2 Å². The molecule has 2 aromatic heterocycles. The fourth-order valence-electron chi connectivity index (χ4n) is 2.62. The minimum Gasteiger partial charge on any atom is -0.360 e. The lowest BCUT2D eigenvalue weighted by atomic mass is 10.1. The number of nitrogens with one attached hydrogen (secondary N) is 2. The summed E-state index contributed by atoms with van der Waals surface area (Å²) in [5.41, 5.74) is 3.82. The number of hydrogen-bond acceptors (Lipinski definition) is 5. The lowest BCUT2D eigenvalue weighted by Gasteiger charge is -2.09. The maximum absolute atomic E-state index is 12.5. The van der Waals surface area contributed by atoms with Crippen molar-refractivity contribution in [2.24, 2.45) is 0 Å². The zero-order chi connectivity index (χ0) is 18.4. The van der Waals surface area contributed by atoms with Crippen LogP contribution >= 0.6 is 11.8 Å². The van der Waals surface area contributed by atoms with E-state index in [9.17, 15) is 4.79 Å². The van der Waals surface area contributed by atoms with E-state index in [4.69, 9.17) is 4.52 Å². The first-order chi connectivity index (χ1) is 12.6. The summed E-state index contributed by atoms with van der Waals surface area (Å²) in [7, 11) is 0. The first-order valence-corrected chi connectivity index (χ1v) is 9.53. The Morgan fingerprint density at radius 2 is 2.15 bits per heavy atom. The number of benzene rings is 1. The van der Waals surface area contributed by atoms with Crippen molar-refractivity contribution >= 4 is 17.7 Å². The van der Waals surface area contributed by atoms with Crippen molar-refractivity contribution in [2.75, 3.05) is 6.54 Å². The quantitative estimate of drug-likeness (QED) is 0.467. The maximum atomic E-state index is 12.5. The smallest absolute Gasteiger partial charge is 0.252 e. The molecule has 3 aromatic rings. The summed E-state index contributed by atoms with van der Waals surface area (Å²) in [6.07, 6.45) is 3.61. The summed E-state index contributed by atoms with van der Waals surface area (Å²) >= 11 is 1.57. The molecule has 2 N–H and O–H groups in total. The van der Waals surface area contributed by atoms with E-state index in [0.717, 1.165) is 34.9 Å². The molecule has 0 saturated heterocycles. The highest BCUT2D eigenvalue weighted by molar-refractivity contribution is 7.98.